The maximum absolute atomic E-state index is 11.2. The SMILES string of the molecule is CC(=O)OC(=O)C(C)C(O)(CC(=O)O)C(=O)O. The average Bonchev–Trinajstić information content (AvgIpc) is 2.13. The fraction of sp³-hybridized carbons (Fsp3) is 0.556. The highest BCUT2D eigenvalue weighted by Gasteiger charge is 2.48. The molecule has 0 aliphatic carbocycles. The van der Waals surface area contributed by atoms with E-state index in [0.29, 0.717) is 0 Å². The summed E-state index contributed by atoms with van der Waals surface area (Å²) in [5.74, 6) is -7.46. The second kappa shape index (κ2) is 5.39. The molecule has 0 aliphatic heterocycles. The van der Waals surface area contributed by atoms with E-state index in [1.165, 1.54) is 0 Å². The summed E-state index contributed by atoms with van der Waals surface area (Å²) in [6, 6.07) is 0. The first kappa shape index (κ1) is 15.0. The summed E-state index contributed by atoms with van der Waals surface area (Å²) >= 11 is 0. The third-order valence-corrected chi connectivity index (χ3v) is 2.11. The minimum Gasteiger partial charge on any atom is -0.481 e. The van der Waals surface area contributed by atoms with Crippen molar-refractivity contribution < 1.29 is 39.2 Å². The van der Waals surface area contributed by atoms with E-state index in [4.69, 9.17) is 10.2 Å². The van der Waals surface area contributed by atoms with Crippen LogP contribution in [0.4, 0.5) is 0 Å². The van der Waals surface area contributed by atoms with Gasteiger partial charge in [0, 0.05) is 6.92 Å². The lowest BCUT2D eigenvalue weighted by Gasteiger charge is -2.26. The lowest BCUT2D eigenvalue weighted by Crippen LogP contribution is -2.50. The Balaban J connectivity index is 5.06. The van der Waals surface area contributed by atoms with Gasteiger partial charge in [-0.1, -0.05) is 0 Å². The molecule has 0 aromatic heterocycles. The quantitative estimate of drug-likeness (QED) is 0.416. The Morgan fingerprint density at radius 2 is 1.71 bits per heavy atom. The molecule has 0 saturated heterocycles. The maximum Gasteiger partial charge on any atom is 0.337 e. The van der Waals surface area contributed by atoms with Crippen molar-refractivity contribution in [1.29, 1.82) is 0 Å². The van der Waals surface area contributed by atoms with Gasteiger partial charge >= 0.3 is 23.9 Å². The molecule has 0 rings (SSSR count). The molecule has 0 heterocycles. The fourth-order valence-corrected chi connectivity index (χ4v) is 1.07. The van der Waals surface area contributed by atoms with Gasteiger partial charge in [0.2, 0.25) is 0 Å². The molecular weight excluding hydrogens is 236 g/mol. The zero-order chi connectivity index (χ0) is 13.8. The van der Waals surface area contributed by atoms with Gasteiger partial charge < -0.3 is 20.1 Å². The van der Waals surface area contributed by atoms with Gasteiger partial charge in [-0.25, -0.2) is 4.79 Å². The van der Waals surface area contributed by atoms with Crippen LogP contribution in [-0.4, -0.2) is 44.8 Å². The zero-order valence-electron chi connectivity index (χ0n) is 9.17. The van der Waals surface area contributed by atoms with Gasteiger partial charge in [-0.05, 0) is 6.92 Å². The van der Waals surface area contributed by atoms with Crippen LogP contribution in [0, 0.1) is 5.92 Å². The lowest BCUT2D eigenvalue weighted by molar-refractivity contribution is -0.181. The summed E-state index contributed by atoms with van der Waals surface area (Å²) < 4.78 is 4.10. The van der Waals surface area contributed by atoms with Crippen LogP contribution in [0.1, 0.15) is 20.3 Å². The second-order valence-electron chi connectivity index (χ2n) is 3.43. The second-order valence-corrected chi connectivity index (χ2v) is 3.43. The number of aliphatic carboxylic acids is 2. The van der Waals surface area contributed by atoms with E-state index < -0.39 is 41.8 Å². The van der Waals surface area contributed by atoms with E-state index >= 15 is 0 Å². The zero-order valence-corrected chi connectivity index (χ0v) is 9.17. The smallest absolute Gasteiger partial charge is 0.337 e. The molecule has 2 unspecified atom stereocenters. The van der Waals surface area contributed by atoms with Crippen molar-refractivity contribution in [2.45, 2.75) is 25.9 Å². The number of hydrogen-bond acceptors (Lipinski definition) is 6. The number of hydrogen-bond donors (Lipinski definition) is 3. The molecule has 96 valence electrons. The fourth-order valence-electron chi connectivity index (χ4n) is 1.07. The molecule has 2 atom stereocenters. The van der Waals surface area contributed by atoms with E-state index in [1.54, 1.807) is 0 Å². The normalized spacial score (nSPS) is 15.5. The minimum absolute atomic E-state index is 0.918. The van der Waals surface area contributed by atoms with E-state index in [9.17, 15) is 24.3 Å². The van der Waals surface area contributed by atoms with Crippen LogP contribution < -0.4 is 0 Å². The highest BCUT2D eigenvalue weighted by Crippen LogP contribution is 2.23. The van der Waals surface area contributed by atoms with Crippen LogP contribution >= 0.6 is 0 Å². The van der Waals surface area contributed by atoms with Gasteiger partial charge in [-0.3, -0.25) is 14.4 Å². The first-order valence-electron chi connectivity index (χ1n) is 4.51. The number of esters is 2. The highest BCUT2D eigenvalue weighted by atomic mass is 16.6. The Labute approximate surface area is 95.8 Å². The Kier molecular flexibility index (Phi) is 4.77. The van der Waals surface area contributed by atoms with E-state index in [2.05, 4.69) is 4.74 Å². The molecule has 8 nitrogen and oxygen atoms in total. The predicted molar refractivity (Wildman–Crippen MR) is 50.8 cm³/mol. The Morgan fingerprint density at radius 1 is 1.24 bits per heavy atom. The van der Waals surface area contributed by atoms with Crippen molar-refractivity contribution in [2.75, 3.05) is 0 Å². The van der Waals surface area contributed by atoms with Gasteiger partial charge in [-0.15, -0.1) is 0 Å². The highest BCUT2D eigenvalue weighted by molar-refractivity contribution is 5.93. The van der Waals surface area contributed by atoms with Gasteiger partial charge in [0.05, 0.1) is 12.3 Å². The largest absolute Gasteiger partial charge is 0.481 e. The molecule has 0 amide bonds. The number of carbonyl (C=O) groups excluding carboxylic acids is 2. The average molecular weight is 248 g/mol. The first-order chi connectivity index (χ1) is 7.61. The third kappa shape index (κ3) is 3.83. The maximum atomic E-state index is 11.2. The lowest BCUT2D eigenvalue weighted by atomic mass is 9.86. The van der Waals surface area contributed by atoms with Crippen molar-refractivity contribution in [3.8, 4) is 0 Å². The summed E-state index contributed by atoms with van der Waals surface area (Å²) in [5.41, 5.74) is -2.82. The van der Waals surface area contributed by atoms with Crippen LogP contribution in [0.2, 0.25) is 0 Å². The van der Waals surface area contributed by atoms with E-state index in [1.807, 2.05) is 0 Å². The first-order valence-corrected chi connectivity index (χ1v) is 4.51. The molecule has 0 aromatic rings. The third-order valence-electron chi connectivity index (χ3n) is 2.11. The van der Waals surface area contributed by atoms with Crippen LogP contribution in [0.3, 0.4) is 0 Å². The number of carboxylic acid groups (broad SMARTS) is 2. The molecule has 0 fully saturated rings. The van der Waals surface area contributed by atoms with Crippen LogP contribution in [0.15, 0.2) is 0 Å². The molecule has 0 bridgehead atoms. The molecule has 0 saturated carbocycles. The molecule has 3 N–H and O–H groups in total. The van der Waals surface area contributed by atoms with Crippen molar-refractivity contribution >= 4 is 23.9 Å². The van der Waals surface area contributed by atoms with Gasteiger partial charge in [0.25, 0.3) is 0 Å². The van der Waals surface area contributed by atoms with Crippen molar-refractivity contribution in [2.24, 2.45) is 5.92 Å². The Hall–Kier alpha value is -1.96. The summed E-state index contributed by atoms with van der Waals surface area (Å²) in [5, 5.41) is 26.8. The standard InChI is InChI=1S/C9H12O8/c1-4(7(13)17-5(2)10)9(16,8(14)15)3-6(11)12/h4,16H,3H2,1-2H3,(H,11,12)(H,14,15). The van der Waals surface area contributed by atoms with Gasteiger partial charge in [0.15, 0.2) is 5.60 Å². The number of rotatable bonds is 5. The van der Waals surface area contributed by atoms with E-state index in [0.717, 1.165) is 13.8 Å². The Morgan fingerprint density at radius 3 is 2.00 bits per heavy atom. The molecule has 0 radical (unpaired) electrons. The topological polar surface area (TPSA) is 138 Å². The molecule has 8 heteroatoms. The summed E-state index contributed by atoms with van der Waals surface area (Å²) in [4.78, 5) is 42.9. The van der Waals surface area contributed by atoms with Crippen molar-refractivity contribution in [1.82, 2.24) is 0 Å². The van der Waals surface area contributed by atoms with Crippen LogP contribution in [0.5, 0.6) is 0 Å². The monoisotopic (exact) mass is 248 g/mol. The van der Waals surface area contributed by atoms with Crippen molar-refractivity contribution in [3.63, 3.8) is 0 Å². The number of ether oxygens (including phenoxy) is 1. The summed E-state index contributed by atoms with van der Waals surface area (Å²) in [6.45, 7) is 1.88. The number of carboxylic acids is 2. The predicted octanol–water partition coefficient (Wildman–Crippen LogP) is -0.997. The molecule has 17 heavy (non-hydrogen) atoms. The molecule has 0 aromatic carbocycles. The molecule has 0 aliphatic rings. The van der Waals surface area contributed by atoms with Gasteiger partial charge in [0.1, 0.15) is 0 Å². The van der Waals surface area contributed by atoms with E-state index in [-0.39, 0.29) is 0 Å². The minimum atomic E-state index is -2.82. The number of carbonyl (C=O) groups is 4. The molecule has 0 spiro atoms. The van der Waals surface area contributed by atoms with Gasteiger partial charge in [-0.2, -0.15) is 0 Å². The summed E-state index contributed by atoms with van der Waals surface area (Å²) in [6.07, 6.45) is -1.18. The van der Waals surface area contributed by atoms with Crippen molar-refractivity contribution in [3.05, 3.63) is 0 Å². The van der Waals surface area contributed by atoms with Crippen LogP contribution in [-0.2, 0) is 23.9 Å². The van der Waals surface area contributed by atoms with Crippen LogP contribution in [0.25, 0.3) is 0 Å². The number of aliphatic hydroxyl groups is 1. The molecular formula is C9H12O8. The Bertz CT molecular complexity index is 360. The summed E-state index contributed by atoms with van der Waals surface area (Å²) in [7, 11) is 0.